The lowest BCUT2D eigenvalue weighted by molar-refractivity contribution is 0.150. The van der Waals surface area contributed by atoms with E-state index in [2.05, 4.69) is 0 Å². The van der Waals surface area contributed by atoms with E-state index in [1.54, 1.807) is 0 Å². The first-order valence-corrected chi connectivity index (χ1v) is 5.53. The SMILES string of the molecule is CC1c2cc(F)c(F)c3c2N(CC3)CC1O. The third-order valence-electron chi connectivity index (χ3n) is 3.74. The molecule has 1 N–H and O–H groups in total. The number of hydrogen-bond acceptors (Lipinski definition) is 2. The highest BCUT2D eigenvalue weighted by Crippen LogP contribution is 2.43. The molecule has 0 aromatic heterocycles. The van der Waals surface area contributed by atoms with Gasteiger partial charge in [0.1, 0.15) is 0 Å². The van der Waals surface area contributed by atoms with Gasteiger partial charge in [-0.05, 0) is 18.1 Å². The summed E-state index contributed by atoms with van der Waals surface area (Å²) in [6.45, 7) is 3.05. The molecule has 0 amide bonds. The molecule has 2 atom stereocenters. The summed E-state index contributed by atoms with van der Waals surface area (Å²) < 4.78 is 27.0. The standard InChI is InChI=1S/C12H13F2NO/c1-6-8-4-9(13)11(14)7-2-3-15(12(7)8)5-10(6)16/h4,6,10,16H,2-3,5H2,1H3. The first-order valence-electron chi connectivity index (χ1n) is 5.53. The molecule has 0 aliphatic carbocycles. The highest BCUT2D eigenvalue weighted by Gasteiger charge is 2.36. The van der Waals surface area contributed by atoms with Crippen LogP contribution in [0.15, 0.2) is 6.07 Å². The number of hydrogen-bond donors (Lipinski definition) is 1. The molecule has 2 heterocycles. The van der Waals surface area contributed by atoms with Crippen molar-refractivity contribution in [2.75, 3.05) is 18.0 Å². The van der Waals surface area contributed by atoms with Gasteiger partial charge in [0.2, 0.25) is 0 Å². The van der Waals surface area contributed by atoms with Crippen LogP contribution in [0, 0.1) is 11.6 Å². The van der Waals surface area contributed by atoms with E-state index in [0.717, 1.165) is 11.3 Å². The third-order valence-corrected chi connectivity index (χ3v) is 3.74. The number of rotatable bonds is 0. The van der Waals surface area contributed by atoms with Gasteiger partial charge in [0.25, 0.3) is 0 Å². The second-order valence-corrected chi connectivity index (χ2v) is 4.64. The zero-order valence-corrected chi connectivity index (χ0v) is 9.00. The van der Waals surface area contributed by atoms with Crippen LogP contribution in [-0.2, 0) is 6.42 Å². The molecule has 0 saturated heterocycles. The van der Waals surface area contributed by atoms with Crippen LogP contribution >= 0.6 is 0 Å². The van der Waals surface area contributed by atoms with E-state index in [0.29, 0.717) is 25.1 Å². The predicted molar refractivity (Wildman–Crippen MR) is 56.7 cm³/mol. The monoisotopic (exact) mass is 225 g/mol. The fraction of sp³-hybridized carbons (Fsp3) is 0.500. The van der Waals surface area contributed by atoms with Gasteiger partial charge in [0.15, 0.2) is 11.6 Å². The average molecular weight is 225 g/mol. The molecule has 2 aliphatic heterocycles. The van der Waals surface area contributed by atoms with Crippen LogP contribution in [0.25, 0.3) is 0 Å². The molecule has 16 heavy (non-hydrogen) atoms. The second-order valence-electron chi connectivity index (χ2n) is 4.64. The maximum absolute atomic E-state index is 13.6. The van der Waals surface area contributed by atoms with Crippen molar-refractivity contribution < 1.29 is 13.9 Å². The van der Waals surface area contributed by atoms with E-state index in [9.17, 15) is 13.9 Å². The number of aliphatic hydroxyl groups excluding tert-OH is 1. The average Bonchev–Trinajstić information content (AvgIpc) is 2.66. The van der Waals surface area contributed by atoms with Crippen molar-refractivity contribution in [3.8, 4) is 0 Å². The molecular formula is C12H13F2NO. The van der Waals surface area contributed by atoms with Crippen LogP contribution < -0.4 is 4.90 Å². The Bertz CT molecular complexity index is 461. The van der Waals surface area contributed by atoms with E-state index in [1.165, 1.54) is 6.07 Å². The molecule has 2 nitrogen and oxygen atoms in total. The van der Waals surface area contributed by atoms with Crippen LogP contribution in [0.3, 0.4) is 0 Å². The molecular weight excluding hydrogens is 212 g/mol. The summed E-state index contributed by atoms with van der Waals surface area (Å²) in [5.74, 6) is -1.64. The summed E-state index contributed by atoms with van der Waals surface area (Å²) in [7, 11) is 0. The Balaban J connectivity index is 2.26. The number of halogens is 2. The molecule has 86 valence electrons. The van der Waals surface area contributed by atoms with Gasteiger partial charge in [-0.3, -0.25) is 0 Å². The summed E-state index contributed by atoms with van der Waals surface area (Å²) >= 11 is 0. The Labute approximate surface area is 92.5 Å². The Morgan fingerprint density at radius 3 is 2.94 bits per heavy atom. The maximum atomic E-state index is 13.6. The lowest BCUT2D eigenvalue weighted by Gasteiger charge is -2.35. The summed E-state index contributed by atoms with van der Waals surface area (Å²) in [4.78, 5) is 1.96. The van der Waals surface area contributed by atoms with E-state index in [-0.39, 0.29) is 5.92 Å². The normalized spacial score (nSPS) is 27.1. The van der Waals surface area contributed by atoms with Gasteiger partial charge >= 0.3 is 0 Å². The van der Waals surface area contributed by atoms with Crippen molar-refractivity contribution in [3.05, 3.63) is 28.8 Å². The molecule has 4 heteroatoms. The maximum Gasteiger partial charge on any atom is 0.164 e. The zero-order chi connectivity index (χ0) is 11.4. The lowest BCUT2D eigenvalue weighted by atomic mass is 9.88. The molecule has 2 unspecified atom stereocenters. The fourth-order valence-corrected chi connectivity index (χ4v) is 2.77. The summed E-state index contributed by atoms with van der Waals surface area (Å²) in [6.07, 6.45) is 0.0362. The Hall–Kier alpha value is -1.16. The van der Waals surface area contributed by atoms with Crippen LogP contribution in [0.2, 0.25) is 0 Å². The fourth-order valence-electron chi connectivity index (χ4n) is 2.77. The van der Waals surface area contributed by atoms with Crippen molar-refractivity contribution in [2.24, 2.45) is 0 Å². The number of benzene rings is 1. The number of nitrogens with zero attached hydrogens (tertiary/aromatic N) is 1. The molecule has 2 aliphatic rings. The molecule has 0 saturated carbocycles. The van der Waals surface area contributed by atoms with Gasteiger partial charge in [-0.25, -0.2) is 8.78 Å². The molecule has 0 fully saturated rings. The van der Waals surface area contributed by atoms with E-state index < -0.39 is 17.7 Å². The minimum atomic E-state index is -0.795. The van der Waals surface area contributed by atoms with Gasteiger partial charge in [-0.2, -0.15) is 0 Å². The quantitative estimate of drug-likeness (QED) is 0.727. The van der Waals surface area contributed by atoms with E-state index in [4.69, 9.17) is 0 Å². The van der Waals surface area contributed by atoms with Gasteiger partial charge < -0.3 is 10.0 Å². The van der Waals surface area contributed by atoms with Crippen molar-refractivity contribution in [2.45, 2.75) is 25.4 Å². The van der Waals surface area contributed by atoms with Gasteiger partial charge in [0, 0.05) is 30.3 Å². The van der Waals surface area contributed by atoms with E-state index in [1.807, 2.05) is 11.8 Å². The van der Waals surface area contributed by atoms with Crippen molar-refractivity contribution in [1.29, 1.82) is 0 Å². The molecule has 3 rings (SSSR count). The zero-order valence-electron chi connectivity index (χ0n) is 9.00. The second kappa shape index (κ2) is 3.17. The van der Waals surface area contributed by atoms with Crippen molar-refractivity contribution in [3.63, 3.8) is 0 Å². The predicted octanol–water partition coefficient (Wildman–Crippen LogP) is 1.81. The first kappa shape index (κ1) is 10.0. The van der Waals surface area contributed by atoms with E-state index >= 15 is 0 Å². The third kappa shape index (κ3) is 1.13. The largest absolute Gasteiger partial charge is 0.391 e. The highest BCUT2D eigenvalue weighted by atomic mass is 19.2. The Morgan fingerprint density at radius 2 is 2.19 bits per heavy atom. The lowest BCUT2D eigenvalue weighted by Crippen LogP contribution is -2.39. The van der Waals surface area contributed by atoms with Crippen molar-refractivity contribution >= 4 is 5.69 Å². The smallest absolute Gasteiger partial charge is 0.164 e. The van der Waals surface area contributed by atoms with Crippen LogP contribution in [0.4, 0.5) is 14.5 Å². The molecule has 0 bridgehead atoms. The van der Waals surface area contributed by atoms with Crippen LogP contribution in [0.1, 0.15) is 24.0 Å². The van der Waals surface area contributed by atoms with Crippen LogP contribution in [-0.4, -0.2) is 24.3 Å². The van der Waals surface area contributed by atoms with Gasteiger partial charge in [0.05, 0.1) is 6.10 Å². The number of aliphatic hydroxyl groups is 1. The van der Waals surface area contributed by atoms with Gasteiger partial charge in [-0.15, -0.1) is 0 Å². The first-order chi connectivity index (χ1) is 7.59. The molecule has 1 aromatic carbocycles. The number of anilines is 1. The van der Waals surface area contributed by atoms with Gasteiger partial charge in [-0.1, -0.05) is 6.92 Å². The Kier molecular flexibility index (Phi) is 1.98. The molecule has 0 radical (unpaired) electrons. The summed E-state index contributed by atoms with van der Waals surface area (Å²) in [6, 6.07) is 1.24. The molecule has 0 spiro atoms. The van der Waals surface area contributed by atoms with Crippen molar-refractivity contribution in [1.82, 2.24) is 0 Å². The summed E-state index contributed by atoms with van der Waals surface area (Å²) in [5.41, 5.74) is 2.04. The summed E-state index contributed by atoms with van der Waals surface area (Å²) in [5, 5.41) is 9.85. The minimum Gasteiger partial charge on any atom is -0.391 e. The minimum absolute atomic E-state index is 0.127. The topological polar surface area (TPSA) is 23.5 Å². The molecule has 1 aromatic rings. The van der Waals surface area contributed by atoms with Crippen LogP contribution in [0.5, 0.6) is 0 Å². The Morgan fingerprint density at radius 1 is 1.44 bits per heavy atom. The highest BCUT2D eigenvalue weighted by molar-refractivity contribution is 5.67.